The molecule has 0 aliphatic rings. The lowest BCUT2D eigenvalue weighted by molar-refractivity contribution is 0.102. The molecule has 8 heteroatoms. The molecule has 0 atom stereocenters. The average Bonchev–Trinajstić information content (AvgIpc) is 3.02. The first-order chi connectivity index (χ1) is 15.8. The summed E-state index contributed by atoms with van der Waals surface area (Å²) in [6.07, 6.45) is 0. The molecule has 1 amide bonds. The van der Waals surface area contributed by atoms with Crippen LogP contribution < -0.4 is 21.3 Å². The second kappa shape index (κ2) is 8.82. The Labute approximate surface area is 191 Å². The lowest BCUT2D eigenvalue weighted by atomic mass is 10.1. The highest BCUT2D eigenvalue weighted by Crippen LogP contribution is 2.22. The number of benzene rings is 2. The van der Waals surface area contributed by atoms with Crippen LogP contribution in [0.2, 0.25) is 0 Å². The van der Waals surface area contributed by atoms with E-state index in [4.69, 9.17) is 9.83 Å². The first kappa shape index (κ1) is 22.1. The van der Waals surface area contributed by atoms with Crippen LogP contribution in [0.25, 0.3) is 16.7 Å². The number of carbonyl (C=O) groups is 1. The van der Waals surface area contributed by atoms with Gasteiger partial charge in [-0.25, -0.2) is 4.68 Å². The van der Waals surface area contributed by atoms with Gasteiger partial charge in [-0.15, -0.1) is 0 Å². The number of nitrogens with zero attached hydrogens (tertiary/aromatic N) is 3. The molecular weight excluding hydrogens is 418 g/mol. The molecule has 33 heavy (non-hydrogen) atoms. The van der Waals surface area contributed by atoms with Crippen molar-refractivity contribution in [2.45, 2.75) is 20.8 Å². The molecule has 2 aromatic heterocycles. The van der Waals surface area contributed by atoms with Crippen molar-refractivity contribution in [2.75, 3.05) is 23.3 Å². The molecule has 2 N–H and O–H groups in total. The van der Waals surface area contributed by atoms with Crippen molar-refractivity contribution in [3.63, 3.8) is 0 Å². The predicted octanol–water partition coefficient (Wildman–Crippen LogP) is 3.81. The zero-order chi connectivity index (χ0) is 23.7. The van der Waals surface area contributed by atoms with E-state index in [1.165, 1.54) is 4.68 Å². The summed E-state index contributed by atoms with van der Waals surface area (Å²) in [5.74, 6) is -0.565. The van der Waals surface area contributed by atoms with Gasteiger partial charge >= 0.3 is 0 Å². The summed E-state index contributed by atoms with van der Waals surface area (Å²) in [6, 6.07) is 16.5. The van der Waals surface area contributed by atoms with E-state index in [9.17, 15) is 9.59 Å². The van der Waals surface area contributed by atoms with Crippen molar-refractivity contribution in [1.29, 1.82) is 5.41 Å². The Hall–Kier alpha value is -4.07. The Bertz CT molecular complexity index is 1440. The van der Waals surface area contributed by atoms with Gasteiger partial charge in [0.15, 0.2) is 0 Å². The number of nitrogens with one attached hydrogen (secondary N) is 2. The van der Waals surface area contributed by atoms with E-state index in [1.807, 2.05) is 48.5 Å². The van der Waals surface area contributed by atoms with Gasteiger partial charge in [0.05, 0.1) is 11.4 Å². The highest BCUT2D eigenvalue weighted by Gasteiger charge is 2.20. The largest absolute Gasteiger partial charge is 0.438 e. The summed E-state index contributed by atoms with van der Waals surface area (Å²) in [5.41, 5.74) is 2.45. The second-order valence-corrected chi connectivity index (χ2v) is 7.77. The van der Waals surface area contributed by atoms with Gasteiger partial charge in [-0.1, -0.05) is 18.2 Å². The predicted molar refractivity (Wildman–Crippen MR) is 129 cm³/mol. The number of fused-ring (bicyclic) bond motifs is 1. The van der Waals surface area contributed by atoms with Crippen LogP contribution in [0.15, 0.2) is 63.8 Å². The molecule has 0 aliphatic heterocycles. The first-order valence-electron chi connectivity index (χ1n) is 10.9. The molecule has 0 radical (unpaired) electrons. The molecule has 0 fully saturated rings. The van der Waals surface area contributed by atoms with Crippen molar-refractivity contribution in [1.82, 2.24) is 9.36 Å². The maximum atomic E-state index is 13.1. The fraction of sp³-hybridized carbons (Fsp3) is 0.240. The van der Waals surface area contributed by atoms with Crippen LogP contribution in [0.3, 0.4) is 0 Å². The molecule has 0 bridgehead atoms. The van der Waals surface area contributed by atoms with E-state index in [2.05, 4.69) is 24.1 Å². The molecule has 2 aromatic carbocycles. The Kier molecular flexibility index (Phi) is 5.91. The average molecular weight is 446 g/mol. The quantitative estimate of drug-likeness (QED) is 0.472. The van der Waals surface area contributed by atoms with E-state index >= 15 is 0 Å². The van der Waals surface area contributed by atoms with Crippen LogP contribution in [-0.4, -0.2) is 28.4 Å². The molecule has 4 rings (SSSR count). The van der Waals surface area contributed by atoms with Crippen molar-refractivity contribution < 1.29 is 9.21 Å². The van der Waals surface area contributed by atoms with Gasteiger partial charge < -0.3 is 14.6 Å². The maximum Gasteiger partial charge on any atom is 0.295 e. The normalized spacial score (nSPS) is 11.0. The van der Waals surface area contributed by atoms with Crippen LogP contribution in [0.1, 0.15) is 29.9 Å². The van der Waals surface area contributed by atoms with E-state index in [1.54, 1.807) is 24.7 Å². The lowest BCUT2D eigenvalue weighted by Gasteiger charge is -2.21. The Morgan fingerprint density at radius 3 is 2.45 bits per heavy atom. The van der Waals surface area contributed by atoms with E-state index in [0.29, 0.717) is 22.4 Å². The van der Waals surface area contributed by atoms with Crippen molar-refractivity contribution in [3.05, 3.63) is 81.8 Å². The van der Waals surface area contributed by atoms with Gasteiger partial charge in [-0.05, 0) is 51.1 Å². The summed E-state index contributed by atoms with van der Waals surface area (Å²) in [6.45, 7) is 7.62. The number of anilines is 2. The summed E-state index contributed by atoms with van der Waals surface area (Å²) >= 11 is 0. The number of rotatable bonds is 6. The van der Waals surface area contributed by atoms with Crippen LogP contribution in [0.5, 0.6) is 0 Å². The van der Waals surface area contributed by atoms with Gasteiger partial charge in [0.1, 0.15) is 16.8 Å². The molecule has 4 aromatic rings. The number of amides is 1. The fourth-order valence-corrected chi connectivity index (χ4v) is 3.96. The Morgan fingerprint density at radius 1 is 1.09 bits per heavy atom. The van der Waals surface area contributed by atoms with E-state index < -0.39 is 5.91 Å². The molecule has 170 valence electrons. The molecule has 0 saturated heterocycles. The number of carbonyl (C=O) groups excluding carboxylic acids is 1. The topological polar surface area (TPSA) is 96.3 Å². The summed E-state index contributed by atoms with van der Waals surface area (Å²) < 4.78 is 8.86. The minimum absolute atomic E-state index is 0.0620. The third-order valence-electron chi connectivity index (χ3n) is 5.92. The number of aromatic nitrogens is 2. The van der Waals surface area contributed by atoms with Gasteiger partial charge in [0, 0.05) is 37.3 Å². The Morgan fingerprint density at radius 2 is 1.79 bits per heavy atom. The van der Waals surface area contributed by atoms with Gasteiger partial charge in [0.25, 0.3) is 11.5 Å². The van der Waals surface area contributed by atoms with Crippen LogP contribution >= 0.6 is 0 Å². The zero-order valence-electron chi connectivity index (χ0n) is 19.2. The summed E-state index contributed by atoms with van der Waals surface area (Å²) in [5, 5.41) is 11.7. The van der Waals surface area contributed by atoms with E-state index in [0.717, 1.165) is 18.8 Å². The molecular formula is C25H27N5O3. The minimum Gasteiger partial charge on any atom is -0.438 e. The molecule has 0 unspecified atom stereocenters. The third-order valence-corrected chi connectivity index (χ3v) is 5.92. The first-order valence-corrected chi connectivity index (χ1v) is 10.9. The van der Waals surface area contributed by atoms with Crippen molar-refractivity contribution >= 4 is 28.3 Å². The number of hydrogen-bond acceptors (Lipinski definition) is 5. The second-order valence-electron chi connectivity index (χ2n) is 7.77. The summed E-state index contributed by atoms with van der Waals surface area (Å²) in [4.78, 5) is 28.3. The van der Waals surface area contributed by atoms with Gasteiger partial charge in [-0.2, -0.15) is 0 Å². The van der Waals surface area contributed by atoms with Crippen molar-refractivity contribution in [2.24, 2.45) is 7.05 Å². The molecule has 8 nitrogen and oxygen atoms in total. The number of para-hydroxylation sites is 1. The lowest BCUT2D eigenvalue weighted by Crippen LogP contribution is -2.25. The Balaban J connectivity index is 1.70. The molecule has 2 heterocycles. The highest BCUT2D eigenvalue weighted by molar-refractivity contribution is 6.05. The maximum absolute atomic E-state index is 13.1. The zero-order valence-corrected chi connectivity index (χ0v) is 19.2. The molecule has 0 spiro atoms. The SMILES string of the molecule is CCN(CC)c1ccc2cc(C(=O)Nc3c(C)n(C)n(-c4ccccc4)c3=O)c(=N)oc2c1. The van der Waals surface area contributed by atoms with E-state index in [-0.39, 0.29) is 22.4 Å². The van der Waals surface area contributed by atoms with Crippen molar-refractivity contribution in [3.8, 4) is 5.69 Å². The van der Waals surface area contributed by atoms with Crippen LogP contribution in [-0.2, 0) is 7.05 Å². The fourth-order valence-electron chi connectivity index (χ4n) is 3.96. The van der Waals surface area contributed by atoms with Gasteiger partial charge in [-0.3, -0.25) is 19.7 Å². The smallest absolute Gasteiger partial charge is 0.295 e. The molecule has 0 saturated carbocycles. The van der Waals surface area contributed by atoms with Crippen LogP contribution in [0, 0.1) is 12.3 Å². The third kappa shape index (κ3) is 3.95. The molecule has 0 aliphatic carbocycles. The standard InChI is InChI=1S/C25H27N5O3/c1-5-29(6-2)19-13-12-17-14-20(23(26)33-21(17)15-19)24(31)27-22-16(3)28(4)30(25(22)32)18-10-8-7-9-11-18/h7-15,26H,5-6H2,1-4H3,(H,27,31). The minimum atomic E-state index is -0.565. The summed E-state index contributed by atoms with van der Waals surface area (Å²) in [7, 11) is 1.76. The highest BCUT2D eigenvalue weighted by atomic mass is 16.3. The van der Waals surface area contributed by atoms with Crippen LogP contribution in [0.4, 0.5) is 11.4 Å². The number of hydrogen-bond donors (Lipinski definition) is 2. The monoisotopic (exact) mass is 445 g/mol. The van der Waals surface area contributed by atoms with Gasteiger partial charge in [0.2, 0.25) is 5.55 Å².